The SMILES string of the molecule is CCC(O)(c1cnc(Sc2ccc3c(-c4cccc(OC(F)(F)F)c4)cc(=O)oc3c2)s1)C(F)(F)F. The number of hydrogen-bond donors (Lipinski definition) is 1. The van der Waals surface area contributed by atoms with Gasteiger partial charge in [-0.3, -0.25) is 0 Å². The molecule has 0 spiro atoms. The van der Waals surface area contributed by atoms with Crippen molar-refractivity contribution in [1.29, 1.82) is 0 Å². The molecule has 0 saturated heterocycles. The molecule has 0 aliphatic rings. The van der Waals surface area contributed by atoms with Crippen LogP contribution in [0.25, 0.3) is 22.1 Å². The van der Waals surface area contributed by atoms with Gasteiger partial charge in [0.25, 0.3) is 0 Å². The summed E-state index contributed by atoms with van der Waals surface area (Å²) in [5.74, 6) is -0.459. The molecule has 0 aliphatic carbocycles. The largest absolute Gasteiger partial charge is 0.573 e. The maximum atomic E-state index is 13.3. The lowest BCUT2D eigenvalue weighted by Crippen LogP contribution is -2.40. The highest BCUT2D eigenvalue weighted by Crippen LogP contribution is 2.45. The molecule has 1 unspecified atom stereocenters. The summed E-state index contributed by atoms with van der Waals surface area (Å²) in [5.41, 5.74) is -3.07. The van der Waals surface area contributed by atoms with E-state index in [1.807, 2.05) is 0 Å². The van der Waals surface area contributed by atoms with Crippen molar-refractivity contribution in [3.63, 3.8) is 0 Å². The standard InChI is InChI=1S/C23H15F6NO4S2/c1-2-21(32,22(24,25)26)18-11-30-20(36-18)35-14-6-7-15-16(10-19(31)33-17(15)9-14)12-4-3-5-13(8-12)34-23(27,28)29/h3-11,32H,2H2,1H3. The van der Waals surface area contributed by atoms with Gasteiger partial charge in [0, 0.05) is 22.5 Å². The number of aliphatic hydroxyl groups is 1. The Morgan fingerprint density at radius 2 is 1.83 bits per heavy atom. The summed E-state index contributed by atoms with van der Waals surface area (Å²) < 4.78 is 87.2. The molecule has 5 nitrogen and oxygen atoms in total. The van der Waals surface area contributed by atoms with Crippen LogP contribution < -0.4 is 10.4 Å². The highest BCUT2D eigenvalue weighted by Gasteiger charge is 2.54. The second kappa shape index (κ2) is 9.45. The third-order valence-electron chi connectivity index (χ3n) is 5.17. The van der Waals surface area contributed by atoms with Crippen LogP contribution in [0.2, 0.25) is 0 Å². The molecule has 2 heterocycles. The fourth-order valence-electron chi connectivity index (χ4n) is 3.42. The molecule has 1 atom stereocenters. The Morgan fingerprint density at radius 3 is 2.50 bits per heavy atom. The van der Waals surface area contributed by atoms with Crippen molar-refractivity contribution in [1.82, 2.24) is 4.98 Å². The first-order valence-corrected chi connectivity index (χ1v) is 11.8. The number of thiazole rings is 1. The number of aromatic nitrogens is 1. The van der Waals surface area contributed by atoms with E-state index in [0.29, 0.717) is 27.2 Å². The van der Waals surface area contributed by atoms with Crippen LogP contribution in [0.5, 0.6) is 5.75 Å². The Kier molecular flexibility index (Phi) is 6.84. The van der Waals surface area contributed by atoms with Gasteiger partial charge in [-0.05, 0) is 47.9 Å². The van der Waals surface area contributed by atoms with Gasteiger partial charge in [-0.2, -0.15) is 13.2 Å². The molecule has 36 heavy (non-hydrogen) atoms. The molecule has 1 N–H and O–H groups in total. The average Bonchev–Trinajstić information content (AvgIpc) is 3.24. The molecular formula is C23H15F6NO4S2. The van der Waals surface area contributed by atoms with Crippen LogP contribution in [0.15, 0.2) is 73.2 Å². The fourth-order valence-corrected chi connectivity index (χ4v) is 5.58. The van der Waals surface area contributed by atoms with E-state index in [-0.39, 0.29) is 20.4 Å². The van der Waals surface area contributed by atoms with Gasteiger partial charge in [-0.1, -0.05) is 30.8 Å². The third kappa shape index (κ3) is 5.37. The molecule has 13 heteroatoms. The maximum absolute atomic E-state index is 13.3. The van der Waals surface area contributed by atoms with E-state index in [1.54, 1.807) is 12.1 Å². The predicted octanol–water partition coefficient (Wildman–Crippen LogP) is 7.13. The molecule has 0 saturated carbocycles. The second-order valence-corrected chi connectivity index (χ2v) is 9.87. The number of hydrogen-bond acceptors (Lipinski definition) is 7. The number of fused-ring (bicyclic) bond motifs is 1. The Bertz CT molecular complexity index is 1460. The van der Waals surface area contributed by atoms with Gasteiger partial charge in [0.05, 0.1) is 4.88 Å². The van der Waals surface area contributed by atoms with E-state index in [1.165, 1.54) is 25.1 Å². The Balaban J connectivity index is 1.67. The first-order valence-electron chi connectivity index (χ1n) is 10.2. The van der Waals surface area contributed by atoms with Crippen molar-refractivity contribution in [3.05, 3.63) is 70.0 Å². The van der Waals surface area contributed by atoms with E-state index in [4.69, 9.17) is 4.42 Å². The van der Waals surface area contributed by atoms with Crippen LogP contribution in [-0.2, 0) is 5.60 Å². The zero-order valence-electron chi connectivity index (χ0n) is 18.1. The Hall–Kier alpha value is -3.03. The van der Waals surface area contributed by atoms with E-state index in [2.05, 4.69) is 9.72 Å². The number of rotatable bonds is 6. The molecule has 2 aromatic carbocycles. The minimum Gasteiger partial charge on any atom is -0.423 e. The van der Waals surface area contributed by atoms with E-state index < -0.39 is 35.9 Å². The molecule has 190 valence electrons. The minimum atomic E-state index is -4.88. The lowest BCUT2D eigenvalue weighted by molar-refractivity contribution is -0.274. The van der Waals surface area contributed by atoms with E-state index >= 15 is 0 Å². The van der Waals surface area contributed by atoms with Gasteiger partial charge in [0.1, 0.15) is 11.3 Å². The van der Waals surface area contributed by atoms with Crippen LogP contribution in [0.3, 0.4) is 0 Å². The van der Waals surface area contributed by atoms with Crippen molar-refractivity contribution >= 4 is 34.1 Å². The highest BCUT2D eigenvalue weighted by atomic mass is 32.2. The van der Waals surface area contributed by atoms with E-state index in [0.717, 1.165) is 36.2 Å². The van der Waals surface area contributed by atoms with Crippen molar-refractivity contribution in [2.75, 3.05) is 0 Å². The molecule has 4 rings (SSSR count). The third-order valence-corrected chi connectivity index (χ3v) is 7.39. The van der Waals surface area contributed by atoms with Gasteiger partial charge < -0.3 is 14.3 Å². The molecule has 4 aromatic rings. The zero-order chi connectivity index (χ0) is 26.3. The lowest BCUT2D eigenvalue weighted by atomic mass is 9.99. The monoisotopic (exact) mass is 547 g/mol. The quantitative estimate of drug-likeness (QED) is 0.205. The first-order chi connectivity index (χ1) is 16.8. The van der Waals surface area contributed by atoms with Gasteiger partial charge >= 0.3 is 18.2 Å². The summed E-state index contributed by atoms with van der Waals surface area (Å²) in [6, 6.07) is 10.9. The molecule has 0 amide bonds. The smallest absolute Gasteiger partial charge is 0.423 e. The maximum Gasteiger partial charge on any atom is 0.573 e. The van der Waals surface area contributed by atoms with Crippen LogP contribution in [0, 0.1) is 0 Å². The van der Waals surface area contributed by atoms with Crippen molar-refractivity contribution in [3.8, 4) is 16.9 Å². The van der Waals surface area contributed by atoms with Crippen molar-refractivity contribution in [2.24, 2.45) is 0 Å². The number of ether oxygens (including phenoxy) is 1. The number of nitrogens with zero attached hydrogens (tertiary/aromatic N) is 1. The number of benzene rings is 2. The molecule has 2 aromatic heterocycles. The van der Waals surface area contributed by atoms with Crippen molar-refractivity contribution in [2.45, 2.75) is 40.7 Å². The normalized spacial score (nSPS) is 14.1. The van der Waals surface area contributed by atoms with Crippen LogP contribution in [-0.4, -0.2) is 22.6 Å². The molecule has 0 aliphatic heterocycles. The fraction of sp³-hybridized carbons (Fsp3) is 0.217. The van der Waals surface area contributed by atoms with Crippen LogP contribution >= 0.6 is 23.1 Å². The summed E-state index contributed by atoms with van der Waals surface area (Å²) in [6.07, 6.45) is -9.37. The summed E-state index contributed by atoms with van der Waals surface area (Å²) in [7, 11) is 0. The number of halogens is 6. The van der Waals surface area contributed by atoms with Crippen LogP contribution in [0.1, 0.15) is 18.2 Å². The molecular weight excluding hydrogens is 532 g/mol. The van der Waals surface area contributed by atoms with Gasteiger partial charge in [-0.25, -0.2) is 9.78 Å². The zero-order valence-corrected chi connectivity index (χ0v) is 19.7. The number of alkyl halides is 6. The van der Waals surface area contributed by atoms with Crippen molar-refractivity contribution < 1.29 is 40.6 Å². The van der Waals surface area contributed by atoms with Gasteiger partial charge in [-0.15, -0.1) is 24.5 Å². The van der Waals surface area contributed by atoms with Crippen LogP contribution in [0.4, 0.5) is 26.3 Å². The van der Waals surface area contributed by atoms with Gasteiger partial charge in [0.15, 0.2) is 9.94 Å². The second-order valence-electron chi connectivity index (χ2n) is 7.52. The summed E-state index contributed by atoms with van der Waals surface area (Å²) in [5, 5.41) is 10.5. The predicted molar refractivity (Wildman–Crippen MR) is 121 cm³/mol. The first kappa shape index (κ1) is 26.0. The summed E-state index contributed by atoms with van der Waals surface area (Å²) in [6.45, 7) is 1.22. The summed E-state index contributed by atoms with van der Waals surface area (Å²) in [4.78, 5) is 16.3. The topological polar surface area (TPSA) is 72.6 Å². The molecule has 0 radical (unpaired) electrons. The lowest BCUT2D eigenvalue weighted by Gasteiger charge is -2.27. The van der Waals surface area contributed by atoms with Gasteiger partial charge in [0.2, 0.25) is 0 Å². The summed E-state index contributed by atoms with van der Waals surface area (Å²) >= 11 is 1.68. The average molecular weight is 547 g/mol. The minimum absolute atomic E-state index is 0.113. The van der Waals surface area contributed by atoms with E-state index in [9.17, 15) is 36.2 Å². The highest BCUT2D eigenvalue weighted by molar-refractivity contribution is 8.01. The Labute approximate surface area is 207 Å². The molecule has 0 bridgehead atoms. The Morgan fingerprint density at radius 1 is 1.08 bits per heavy atom. The molecule has 0 fully saturated rings.